The molecule has 0 aromatic heterocycles. The first-order chi connectivity index (χ1) is 9.63. The lowest BCUT2D eigenvalue weighted by Crippen LogP contribution is -1.98. The molecule has 0 unspecified atom stereocenters. The fourth-order valence-electron chi connectivity index (χ4n) is 2.00. The Morgan fingerprint density at radius 2 is 1.15 bits per heavy atom. The number of benzene rings is 2. The summed E-state index contributed by atoms with van der Waals surface area (Å²) in [5.41, 5.74) is 17.5. The average molecular weight is 268 g/mol. The summed E-state index contributed by atoms with van der Waals surface area (Å²) in [7, 11) is 0. The molecule has 0 amide bonds. The molecule has 0 aliphatic carbocycles. The van der Waals surface area contributed by atoms with Gasteiger partial charge in [-0.2, -0.15) is 10.2 Å². The van der Waals surface area contributed by atoms with Crippen molar-refractivity contribution in [3.05, 3.63) is 58.7 Å². The van der Waals surface area contributed by atoms with Crippen LogP contribution in [0.15, 0.2) is 46.6 Å². The SMILES string of the molecule is Cc1ccc(N=Nc2ccc(C)c(CN)c2)cc1CN. The lowest BCUT2D eigenvalue weighted by Gasteiger charge is -2.04. The van der Waals surface area contributed by atoms with Crippen LogP contribution in [0, 0.1) is 13.8 Å². The van der Waals surface area contributed by atoms with E-state index in [1.165, 1.54) is 11.1 Å². The van der Waals surface area contributed by atoms with Crippen molar-refractivity contribution < 1.29 is 0 Å². The molecule has 0 atom stereocenters. The van der Waals surface area contributed by atoms with E-state index in [9.17, 15) is 0 Å². The Morgan fingerprint density at radius 3 is 1.50 bits per heavy atom. The topological polar surface area (TPSA) is 76.8 Å². The van der Waals surface area contributed by atoms with E-state index in [4.69, 9.17) is 11.5 Å². The molecule has 104 valence electrons. The zero-order valence-corrected chi connectivity index (χ0v) is 11.9. The zero-order valence-electron chi connectivity index (χ0n) is 11.9. The monoisotopic (exact) mass is 268 g/mol. The van der Waals surface area contributed by atoms with Crippen LogP contribution in [0.1, 0.15) is 22.3 Å². The molecular weight excluding hydrogens is 248 g/mol. The van der Waals surface area contributed by atoms with Crippen LogP contribution < -0.4 is 11.5 Å². The summed E-state index contributed by atoms with van der Waals surface area (Å²) >= 11 is 0. The van der Waals surface area contributed by atoms with Gasteiger partial charge in [-0.1, -0.05) is 12.1 Å². The maximum absolute atomic E-state index is 5.70. The van der Waals surface area contributed by atoms with Crippen LogP contribution in [0.25, 0.3) is 0 Å². The molecule has 4 heteroatoms. The Hall–Kier alpha value is -2.04. The molecule has 0 radical (unpaired) electrons. The number of rotatable bonds is 4. The second-order valence-electron chi connectivity index (χ2n) is 4.83. The fraction of sp³-hybridized carbons (Fsp3) is 0.250. The van der Waals surface area contributed by atoms with Crippen molar-refractivity contribution in [1.29, 1.82) is 0 Å². The molecule has 2 aromatic rings. The van der Waals surface area contributed by atoms with Crippen molar-refractivity contribution in [2.75, 3.05) is 0 Å². The minimum Gasteiger partial charge on any atom is -0.326 e. The highest BCUT2D eigenvalue weighted by Gasteiger charge is 2.00. The minimum absolute atomic E-state index is 0.511. The van der Waals surface area contributed by atoms with E-state index in [0.717, 1.165) is 22.5 Å². The smallest absolute Gasteiger partial charge is 0.0860 e. The number of aryl methyl sites for hydroxylation is 2. The minimum atomic E-state index is 0.511. The highest BCUT2D eigenvalue weighted by atomic mass is 15.1. The number of nitrogens with two attached hydrogens (primary N) is 2. The number of hydrogen-bond acceptors (Lipinski definition) is 4. The summed E-state index contributed by atoms with van der Waals surface area (Å²) in [6.45, 7) is 5.10. The van der Waals surface area contributed by atoms with Crippen LogP contribution in [0.2, 0.25) is 0 Å². The summed E-state index contributed by atoms with van der Waals surface area (Å²) in [4.78, 5) is 0. The summed E-state index contributed by atoms with van der Waals surface area (Å²) in [5.74, 6) is 0. The maximum atomic E-state index is 5.70. The van der Waals surface area contributed by atoms with Crippen LogP contribution in [0.5, 0.6) is 0 Å². The van der Waals surface area contributed by atoms with Crippen molar-refractivity contribution in [2.24, 2.45) is 21.7 Å². The molecule has 2 rings (SSSR count). The van der Waals surface area contributed by atoms with Gasteiger partial charge < -0.3 is 11.5 Å². The molecular formula is C16H20N4. The largest absolute Gasteiger partial charge is 0.326 e. The van der Waals surface area contributed by atoms with E-state index in [-0.39, 0.29) is 0 Å². The fourth-order valence-corrected chi connectivity index (χ4v) is 2.00. The van der Waals surface area contributed by atoms with Gasteiger partial charge in [-0.3, -0.25) is 0 Å². The van der Waals surface area contributed by atoms with Gasteiger partial charge in [-0.15, -0.1) is 0 Å². The first-order valence-electron chi connectivity index (χ1n) is 6.65. The van der Waals surface area contributed by atoms with Crippen molar-refractivity contribution in [2.45, 2.75) is 26.9 Å². The molecule has 2 aromatic carbocycles. The lowest BCUT2D eigenvalue weighted by molar-refractivity contribution is 1.04. The molecule has 0 saturated heterocycles. The van der Waals surface area contributed by atoms with E-state index < -0.39 is 0 Å². The molecule has 0 saturated carbocycles. The average Bonchev–Trinajstić information content (AvgIpc) is 2.47. The molecule has 0 fully saturated rings. The van der Waals surface area contributed by atoms with Crippen LogP contribution in [-0.2, 0) is 13.1 Å². The first kappa shape index (κ1) is 14.4. The third-order valence-electron chi connectivity index (χ3n) is 3.39. The van der Waals surface area contributed by atoms with E-state index in [0.29, 0.717) is 13.1 Å². The second-order valence-corrected chi connectivity index (χ2v) is 4.83. The quantitative estimate of drug-likeness (QED) is 0.830. The normalized spacial score (nSPS) is 11.2. The first-order valence-corrected chi connectivity index (χ1v) is 6.65. The summed E-state index contributed by atoms with van der Waals surface area (Å²) in [6, 6.07) is 11.8. The molecule has 0 bridgehead atoms. The van der Waals surface area contributed by atoms with Gasteiger partial charge in [0.25, 0.3) is 0 Å². The van der Waals surface area contributed by atoms with Crippen LogP contribution in [-0.4, -0.2) is 0 Å². The van der Waals surface area contributed by atoms with E-state index >= 15 is 0 Å². The van der Waals surface area contributed by atoms with Crippen molar-refractivity contribution in [3.8, 4) is 0 Å². The Labute approximate surface area is 119 Å². The Bertz CT molecular complexity index is 577. The van der Waals surface area contributed by atoms with Gasteiger partial charge in [0.2, 0.25) is 0 Å². The second kappa shape index (κ2) is 6.41. The summed E-state index contributed by atoms with van der Waals surface area (Å²) in [5, 5.41) is 8.52. The maximum Gasteiger partial charge on any atom is 0.0860 e. The number of nitrogens with zero attached hydrogens (tertiary/aromatic N) is 2. The van der Waals surface area contributed by atoms with Crippen molar-refractivity contribution >= 4 is 11.4 Å². The van der Waals surface area contributed by atoms with Gasteiger partial charge in [-0.25, -0.2) is 0 Å². The molecule has 0 aliphatic heterocycles. The Balaban J connectivity index is 2.25. The number of azo groups is 1. The lowest BCUT2D eigenvalue weighted by atomic mass is 10.1. The molecule has 0 spiro atoms. The van der Waals surface area contributed by atoms with Gasteiger partial charge in [0, 0.05) is 13.1 Å². The summed E-state index contributed by atoms with van der Waals surface area (Å²) in [6.07, 6.45) is 0. The van der Waals surface area contributed by atoms with Crippen molar-refractivity contribution in [3.63, 3.8) is 0 Å². The molecule has 0 aliphatic rings. The van der Waals surface area contributed by atoms with Gasteiger partial charge in [0.1, 0.15) is 0 Å². The summed E-state index contributed by atoms with van der Waals surface area (Å²) < 4.78 is 0. The van der Waals surface area contributed by atoms with Gasteiger partial charge in [0.15, 0.2) is 0 Å². The molecule has 4 N–H and O–H groups in total. The third-order valence-corrected chi connectivity index (χ3v) is 3.39. The standard InChI is InChI=1S/C16H20N4/c1-11-3-5-15(7-13(11)9-17)19-20-16-6-4-12(2)14(8-16)10-18/h3-8H,9-10,17-18H2,1-2H3. The molecule has 4 nitrogen and oxygen atoms in total. The Morgan fingerprint density at radius 1 is 0.750 bits per heavy atom. The Kier molecular flexibility index (Phi) is 4.61. The predicted octanol–water partition coefficient (Wildman–Crippen LogP) is 3.64. The third kappa shape index (κ3) is 3.29. The highest BCUT2D eigenvalue weighted by molar-refractivity contribution is 5.46. The van der Waals surface area contributed by atoms with Gasteiger partial charge in [0.05, 0.1) is 11.4 Å². The zero-order chi connectivity index (χ0) is 14.5. The highest BCUT2D eigenvalue weighted by Crippen LogP contribution is 2.22. The van der Waals surface area contributed by atoms with Gasteiger partial charge in [-0.05, 0) is 60.4 Å². The van der Waals surface area contributed by atoms with E-state index in [1.807, 2.05) is 50.2 Å². The predicted molar refractivity (Wildman–Crippen MR) is 82.3 cm³/mol. The van der Waals surface area contributed by atoms with Gasteiger partial charge >= 0.3 is 0 Å². The van der Waals surface area contributed by atoms with Crippen molar-refractivity contribution in [1.82, 2.24) is 0 Å². The number of hydrogen-bond donors (Lipinski definition) is 2. The molecule has 0 heterocycles. The van der Waals surface area contributed by atoms with E-state index in [1.54, 1.807) is 0 Å². The van der Waals surface area contributed by atoms with Crippen LogP contribution >= 0.6 is 0 Å². The van der Waals surface area contributed by atoms with Crippen LogP contribution in [0.3, 0.4) is 0 Å². The van der Waals surface area contributed by atoms with E-state index in [2.05, 4.69) is 10.2 Å². The molecule has 20 heavy (non-hydrogen) atoms. The van der Waals surface area contributed by atoms with Crippen LogP contribution in [0.4, 0.5) is 11.4 Å².